The minimum atomic E-state index is -0.266. The Morgan fingerprint density at radius 2 is 1.93 bits per heavy atom. The molecule has 2 aliphatic rings. The van der Waals surface area contributed by atoms with E-state index in [2.05, 4.69) is 4.90 Å². The van der Waals surface area contributed by atoms with Crippen LogP contribution in [0.1, 0.15) is 24.5 Å². The molecule has 2 aliphatic heterocycles. The molecule has 4 rings (SSSR count). The normalized spacial score (nSPS) is 20.9. The van der Waals surface area contributed by atoms with Gasteiger partial charge in [-0.05, 0) is 37.1 Å². The number of likely N-dealkylation sites (tertiary alicyclic amines) is 1. The third-order valence-corrected chi connectivity index (χ3v) is 5.58. The summed E-state index contributed by atoms with van der Waals surface area (Å²) in [5.74, 6) is 0.101. The van der Waals surface area contributed by atoms with Gasteiger partial charge in [-0.25, -0.2) is 4.39 Å². The summed E-state index contributed by atoms with van der Waals surface area (Å²) in [6.07, 6.45) is 1.96. The van der Waals surface area contributed by atoms with Gasteiger partial charge in [0, 0.05) is 43.4 Å². The topological polar surface area (TPSA) is 45.7 Å². The van der Waals surface area contributed by atoms with E-state index in [1.165, 1.54) is 6.07 Å². The van der Waals surface area contributed by atoms with Gasteiger partial charge in [0.2, 0.25) is 5.91 Å². The van der Waals surface area contributed by atoms with E-state index in [0.717, 1.165) is 38.2 Å². The first-order valence-electron chi connectivity index (χ1n) is 10.0. The van der Waals surface area contributed by atoms with Crippen molar-refractivity contribution >= 4 is 5.91 Å². The van der Waals surface area contributed by atoms with E-state index in [0.29, 0.717) is 37.6 Å². The standard InChI is InChI=1S/C22H26FN3O2/c23-19-7-2-1-6-18(19)21-9-3-8-20(24-21)17-5-4-10-26(15-17)22(27)16-25-11-13-28-14-12-25/h1-3,6-9,17H,4-5,10-16H2/t17-/m1/s1. The molecule has 0 saturated carbocycles. The van der Waals surface area contributed by atoms with Gasteiger partial charge in [0.25, 0.3) is 0 Å². The Labute approximate surface area is 165 Å². The van der Waals surface area contributed by atoms with Crippen LogP contribution in [0, 0.1) is 5.82 Å². The van der Waals surface area contributed by atoms with E-state index in [4.69, 9.17) is 9.72 Å². The molecule has 6 heteroatoms. The van der Waals surface area contributed by atoms with E-state index < -0.39 is 0 Å². The summed E-state index contributed by atoms with van der Waals surface area (Å²) in [7, 11) is 0. The van der Waals surface area contributed by atoms with Gasteiger partial charge in [-0.15, -0.1) is 0 Å². The molecule has 148 valence electrons. The summed E-state index contributed by atoms with van der Waals surface area (Å²) in [6, 6.07) is 12.5. The predicted octanol–water partition coefficient (Wildman–Crippen LogP) is 2.93. The highest BCUT2D eigenvalue weighted by molar-refractivity contribution is 5.78. The summed E-state index contributed by atoms with van der Waals surface area (Å²) in [5.41, 5.74) is 2.09. The lowest BCUT2D eigenvalue weighted by Gasteiger charge is -2.35. The monoisotopic (exact) mass is 383 g/mol. The van der Waals surface area contributed by atoms with E-state index in [1.54, 1.807) is 12.1 Å². The molecule has 2 aromatic rings. The van der Waals surface area contributed by atoms with Gasteiger partial charge in [0.05, 0.1) is 25.5 Å². The molecular formula is C22H26FN3O2. The summed E-state index contributed by atoms with van der Waals surface area (Å²) < 4.78 is 19.5. The predicted molar refractivity (Wildman–Crippen MR) is 105 cm³/mol. The number of ether oxygens (including phenoxy) is 1. The Morgan fingerprint density at radius 3 is 2.75 bits per heavy atom. The molecule has 3 heterocycles. The summed E-state index contributed by atoms with van der Waals surface area (Å²) >= 11 is 0. The first-order valence-corrected chi connectivity index (χ1v) is 10.0. The van der Waals surface area contributed by atoms with E-state index in [1.807, 2.05) is 29.2 Å². The van der Waals surface area contributed by atoms with Crippen molar-refractivity contribution in [2.24, 2.45) is 0 Å². The maximum atomic E-state index is 14.1. The number of carbonyl (C=O) groups is 1. The van der Waals surface area contributed by atoms with Crippen molar-refractivity contribution in [1.82, 2.24) is 14.8 Å². The van der Waals surface area contributed by atoms with Gasteiger partial charge in [-0.2, -0.15) is 0 Å². The third-order valence-electron chi connectivity index (χ3n) is 5.58. The van der Waals surface area contributed by atoms with Crippen LogP contribution in [0.3, 0.4) is 0 Å². The van der Waals surface area contributed by atoms with Crippen molar-refractivity contribution in [3.8, 4) is 11.3 Å². The number of rotatable bonds is 4. The molecule has 0 bridgehead atoms. The fourth-order valence-corrected chi connectivity index (χ4v) is 3.99. The van der Waals surface area contributed by atoms with Crippen LogP contribution in [0.15, 0.2) is 42.5 Å². The van der Waals surface area contributed by atoms with Crippen molar-refractivity contribution in [1.29, 1.82) is 0 Å². The average Bonchev–Trinajstić information content (AvgIpc) is 2.75. The van der Waals surface area contributed by atoms with Crippen LogP contribution < -0.4 is 0 Å². The van der Waals surface area contributed by atoms with Crippen molar-refractivity contribution in [3.63, 3.8) is 0 Å². The van der Waals surface area contributed by atoms with Gasteiger partial charge >= 0.3 is 0 Å². The van der Waals surface area contributed by atoms with Gasteiger partial charge in [0.1, 0.15) is 5.82 Å². The molecule has 1 amide bonds. The Balaban J connectivity index is 1.45. The number of hydrogen-bond donors (Lipinski definition) is 0. The average molecular weight is 383 g/mol. The zero-order chi connectivity index (χ0) is 19.3. The zero-order valence-electron chi connectivity index (χ0n) is 16.0. The molecule has 1 aromatic carbocycles. The summed E-state index contributed by atoms with van der Waals surface area (Å²) in [4.78, 5) is 21.6. The SMILES string of the molecule is O=C(CN1CCOCC1)N1CCC[C@@H](c2cccc(-c3ccccc3F)n2)C1. The minimum Gasteiger partial charge on any atom is -0.379 e. The number of pyridine rings is 1. The molecule has 0 aliphatic carbocycles. The molecule has 1 atom stereocenters. The molecule has 0 radical (unpaired) electrons. The molecule has 2 saturated heterocycles. The number of hydrogen-bond acceptors (Lipinski definition) is 4. The fraction of sp³-hybridized carbons (Fsp3) is 0.455. The van der Waals surface area contributed by atoms with Crippen LogP contribution in [0.25, 0.3) is 11.3 Å². The summed E-state index contributed by atoms with van der Waals surface area (Å²) in [6.45, 7) is 4.96. The molecule has 0 unspecified atom stereocenters. The van der Waals surface area contributed by atoms with Crippen molar-refractivity contribution in [2.45, 2.75) is 18.8 Å². The van der Waals surface area contributed by atoms with Crippen LogP contribution in [-0.4, -0.2) is 66.6 Å². The minimum absolute atomic E-state index is 0.178. The quantitative estimate of drug-likeness (QED) is 0.814. The van der Waals surface area contributed by atoms with E-state index >= 15 is 0 Å². The molecule has 1 aromatic heterocycles. The Bertz CT molecular complexity index is 823. The first-order chi connectivity index (χ1) is 13.7. The van der Waals surface area contributed by atoms with Crippen molar-refractivity contribution in [2.75, 3.05) is 45.9 Å². The molecule has 2 fully saturated rings. The van der Waals surface area contributed by atoms with Crippen LogP contribution in [0.2, 0.25) is 0 Å². The number of amides is 1. The summed E-state index contributed by atoms with van der Waals surface area (Å²) in [5, 5.41) is 0. The lowest BCUT2D eigenvalue weighted by Crippen LogP contribution is -2.47. The number of halogens is 1. The first kappa shape index (κ1) is 19.0. The number of piperidine rings is 1. The molecule has 0 spiro atoms. The smallest absolute Gasteiger partial charge is 0.236 e. The lowest BCUT2D eigenvalue weighted by molar-refractivity contribution is -0.134. The zero-order valence-corrected chi connectivity index (χ0v) is 16.0. The van der Waals surface area contributed by atoms with Gasteiger partial charge in [0.15, 0.2) is 0 Å². The fourth-order valence-electron chi connectivity index (χ4n) is 3.99. The lowest BCUT2D eigenvalue weighted by atomic mass is 9.93. The van der Waals surface area contributed by atoms with Gasteiger partial charge in [-0.3, -0.25) is 14.7 Å². The number of carbonyl (C=O) groups excluding carboxylic acids is 1. The Kier molecular flexibility index (Phi) is 5.98. The van der Waals surface area contributed by atoms with Gasteiger partial charge < -0.3 is 9.64 Å². The van der Waals surface area contributed by atoms with Crippen LogP contribution in [0.5, 0.6) is 0 Å². The maximum absolute atomic E-state index is 14.1. The van der Waals surface area contributed by atoms with E-state index in [9.17, 15) is 9.18 Å². The maximum Gasteiger partial charge on any atom is 0.236 e. The molecule has 5 nitrogen and oxygen atoms in total. The second-order valence-electron chi connectivity index (χ2n) is 7.49. The van der Waals surface area contributed by atoms with Crippen LogP contribution in [-0.2, 0) is 9.53 Å². The molecule has 28 heavy (non-hydrogen) atoms. The van der Waals surface area contributed by atoms with Crippen molar-refractivity contribution in [3.05, 3.63) is 54.0 Å². The van der Waals surface area contributed by atoms with E-state index in [-0.39, 0.29) is 17.6 Å². The number of aromatic nitrogens is 1. The second-order valence-corrected chi connectivity index (χ2v) is 7.49. The van der Waals surface area contributed by atoms with Gasteiger partial charge in [-0.1, -0.05) is 18.2 Å². The number of benzene rings is 1. The van der Waals surface area contributed by atoms with Crippen molar-refractivity contribution < 1.29 is 13.9 Å². The Hall–Kier alpha value is -2.31. The highest BCUT2D eigenvalue weighted by atomic mass is 19.1. The highest BCUT2D eigenvalue weighted by Crippen LogP contribution is 2.28. The van der Waals surface area contributed by atoms with Crippen LogP contribution >= 0.6 is 0 Å². The second kappa shape index (κ2) is 8.80. The largest absolute Gasteiger partial charge is 0.379 e. The highest BCUT2D eigenvalue weighted by Gasteiger charge is 2.27. The number of nitrogens with zero attached hydrogens (tertiary/aromatic N) is 3. The molecular weight excluding hydrogens is 357 g/mol. The number of morpholine rings is 1. The Morgan fingerprint density at radius 1 is 1.11 bits per heavy atom. The third kappa shape index (κ3) is 4.39. The van der Waals surface area contributed by atoms with Crippen LogP contribution in [0.4, 0.5) is 4.39 Å². The molecule has 0 N–H and O–H groups in total.